The van der Waals surface area contributed by atoms with Crippen LogP contribution in [0.25, 0.3) is 0 Å². The zero-order valence-corrected chi connectivity index (χ0v) is 13.9. The second kappa shape index (κ2) is 7.99. The van der Waals surface area contributed by atoms with Crippen molar-refractivity contribution in [3.05, 3.63) is 23.8 Å². The molecule has 0 amide bonds. The van der Waals surface area contributed by atoms with Gasteiger partial charge >= 0.3 is 0 Å². The van der Waals surface area contributed by atoms with Crippen LogP contribution in [0.15, 0.2) is 18.2 Å². The zero-order valence-electron chi connectivity index (χ0n) is 13.9. The Morgan fingerprint density at radius 3 is 2.83 bits per heavy atom. The molecule has 3 rings (SSSR count). The highest BCUT2D eigenvalue weighted by molar-refractivity contribution is 5.44. The van der Waals surface area contributed by atoms with Crippen LogP contribution in [0.4, 0.5) is 0 Å². The van der Waals surface area contributed by atoms with E-state index in [0.717, 1.165) is 23.6 Å². The van der Waals surface area contributed by atoms with Gasteiger partial charge < -0.3 is 24.2 Å². The number of ether oxygens (including phenoxy) is 3. The summed E-state index contributed by atoms with van der Waals surface area (Å²) >= 11 is 0. The minimum absolute atomic E-state index is 0.286. The third kappa shape index (κ3) is 4.59. The molecule has 1 aromatic carbocycles. The van der Waals surface area contributed by atoms with E-state index in [1.54, 1.807) is 0 Å². The van der Waals surface area contributed by atoms with Crippen LogP contribution in [0.3, 0.4) is 0 Å². The van der Waals surface area contributed by atoms with Gasteiger partial charge in [0.25, 0.3) is 0 Å². The first kappa shape index (κ1) is 16.6. The second-order valence-corrected chi connectivity index (χ2v) is 6.74. The Kier molecular flexibility index (Phi) is 5.75. The molecule has 23 heavy (non-hydrogen) atoms. The Balaban J connectivity index is 1.38. The number of aliphatic hydroxyl groups excluding tert-OH is 1. The lowest BCUT2D eigenvalue weighted by molar-refractivity contribution is -0.910. The fourth-order valence-electron chi connectivity index (χ4n) is 3.54. The molecule has 1 fully saturated rings. The van der Waals surface area contributed by atoms with Crippen molar-refractivity contribution in [2.75, 3.05) is 27.0 Å². The highest BCUT2D eigenvalue weighted by Gasteiger charge is 2.23. The summed E-state index contributed by atoms with van der Waals surface area (Å²) in [5, 5.41) is 10.2. The van der Waals surface area contributed by atoms with Crippen LogP contribution in [0.5, 0.6) is 11.5 Å². The van der Waals surface area contributed by atoms with Crippen molar-refractivity contribution in [1.82, 2.24) is 0 Å². The molecule has 2 aliphatic rings. The van der Waals surface area contributed by atoms with Crippen molar-refractivity contribution in [3.8, 4) is 11.5 Å². The van der Waals surface area contributed by atoms with E-state index in [2.05, 4.69) is 7.05 Å². The number of fused-ring (bicyclic) bond motifs is 1. The highest BCUT2D eigenvalue weighted by Crippen LogP contribution is 2.32. The summed E-state index contributed by atoms with van der Waals surface area (Å²) in [4.78, 5) is 1.43. The van der Waals surface area contributed by atoms with E-state index in [0.29, 0.717) is 19.3 Å². The standard InChI is InChI=1S/C18H27NO4/c1-19(15-5-3-2-4-6-15)10-16(20)12-21-11-14-7-8-17-18(9-14)23-13-22-17/h7-9,15-16,20H,2-6,10-13H2,1H3/p+1/t16-/m1/s1. The van der Waals surface area contributed by atoms with Gasteiger partial charge in [-0.1, -0.05) is 12.5 Å². The fraction of sp³-hybridized carbons (Fsp3) is 0.667. The molecule has 0 bridgehead atoms. The van der Waals surface area contributed by atoms with Crippen molar-refractivity contribution < 1.29 is 24.2 Å². The number of quaternary nitrogens is 1. The largest absolute Gasteiger partial charge is 0.454 e. The first-order chi connectivity index (χ1) is 11.2. The van der Waals surface area contributed by atoms with Crippen LogP contribution in [0.2, 0.25) is 0 Å². The summed E-state index contributed by atoms with van der Waals surface area (Å²) in [6, 6.07) is 6.51. The van der Waals surface area contributed by atoms with Crippen LogP contribution in [0, 0.1) is 0 Å². The van der Waals surface area contributed by atoms with E-state index in [4.69, 9.17) is 14.2 Å². The Hall–Kier alpha value is -1.30. The molecule has 0 aromatic heterocycles. The van der Waals surface area contributed by atoms with Crippen molar-refractivity contribution in [2.24, 2.45) is 0 Å². The second-order valence-electron chi connectivity index (χ2n) is 6.74. The van der Waals surface area contributed by atoms with Gasteiger partial charge in [-0.15, -0.1) is 0 Å². The third-order valence-electron chi connectivity index (χ3n) is 4.88. The Morgan fingerprint density at radius 2 is 2.00 bits per heavy atom. The van der Waals surface area contributed by atoms with Gasteiger partial charge in [-0.3, -0.25) is 0 Å². The molecule has 1 heterocycles. The maximum absolute atomic E-state index is 10.2. The minimum Gasteiger partial charge on any atom is -0.454 e. The lowest BCUT2D eigenvalue weighted by Crippen LogP contribution is -3.14. The normalized spacial score (nSPS) is 20.4. The number of aliphatic hydroxyl groups is 1. The molecule has 0 radical (unpaired) electrons. The predicted octanol–water partition coefficient (Wildman–Crippen LogP) is 1.14. The lowest BCUT2D eigenvalue weighted by atomic mass is 9.94. The lowest BCUT2D eigenvalue weighted by Gasteiger charge is -2.29. The molecule has 1 unspecified atom stereocenters. The number of hydrogen-bond acceptors (Lipinski definition) is 4. The number of benzene rings is 1. The maximum Gasteiger partial charge on any atom is 0.231 e. The number of hydrogen-bond donors (Lipinski definition) is 2. The van der Waals surface area contributed by atoms with Crippen LogP contribution in [0.1, 0.15) is 37.7 Å². The molecular formula is C18H28NO4+. The van der Waals surface area contributed by atoms with E-state index >= 15 is 0 Å². The SMILES string of the molecule is C[NH+](C[C@@H](O)COCc1ccc2c(c1)OCO2)C1CCCCC1. The van der Waals surface area contributed by atoms with Gasteiger partial charge in [0.1, 0.15) is 12.6 Å². The topological polar surface area (TPSA) is 52.4 Å². The minimum atomic E-state index is -0.411. The number of rotatable bonds is 7. The average molecular weight is 322 g/mol. The predicted molar refractivity (Wildman–Crippen MR) is 86.9 cm³/mol. The zero-order chi connectivity index (χ0) is 16.1. The summed E-state index contributed by atoms with van der Waals surface area (Å²) in [5.41, 5.74) is 1.04. The Bertz CT molecular complexity index is 502. The van der Waals surface area contributed by atoms with Gasteiger partial charge in [0.05, 0.1) is 26.3 Å². The van der Waals surface area contributed by atoms with Gasteiger partial charge in [0.15, 0.2) is 11.5 Å². The summed E-state index contributed by atoms with van der Waals surface area (Å²) in [6.07, 6.45) is 6.20. The third-order valence-corrected chi connectivity index (χ3v) is 4.88. The molecule has 1 saturated carbocycles. The van der Waals surface area contributed by atoms with Gasteiger partial charge in [0.2, 0.25) is 6.79 Å². The van der Waals surface area contributed by atoms with Gasteiger partial charge in [-0.2, -0.15) is 0 Å². The summed E-state index contributed by atoms with van der Waals surface area (Å²) in [6.45, 7) is 1.90. The van der Waals surface area contributed by atoms with Gasteiger partial charge in [-0.05, 0) is 43.4 Å². The molecule has 1 aromatic rings. The molecule has 0 spiro atoms. The number of likely N-dealkylation sites (N-methyl/N-ethyl adjacent to an activating group) is 1. The van der Waals surface area contributed by atoms with E-state index in [9.17, 15) is 5.11 Å². The smallest absolute Gasteiger partial charge is 0.231 e. The quantitative estimate of drug-likeness (QED) is 0.790. The summed E-state index contributed by atoms with van der Waals surface area (Å²) < 4.78 is 16.3. The molecule has 128 valence electrons. The fourth-order valence-corrected chi connectivity index (χ4v) is 3.54. The Morgan fingerprint density at radius 1 is 1.22 bits per heavy atom. The van der Waals surface area contributed by atoms with Crippen molar-refractivity contribution in [1.29, 1.82) is 0 Å². The van der Waals surface area contributed by atoms with Gasteiger partial charge in [0, 0.05) is 0 Å². The molecule has 2 N–H and O–H groups in total. The highest BCUT2D eigenvalue weighted by atomic mass is 16.7. The first-order valence-corrected chi connectivity index (χ1v) is 8.69. The van der Waals surface area contributed by atoms with Crippen molar-refractivity contribution in [3.63, 3.8) is 0 Å². The van der Waals surface area contributed by atoms with E-state index in [1.165, 1.54) is 37.0 Å². The van der Waals surface area contributed by atoms with Crippen LogP contribution >= 0.6 is 0 Å². The average Bonchev–Trinajstić information content (AvgIpc) is 3.03. The molecule has 5 heteroatoms. The molecule has 1 aliphatic carbocycles. The summed E-state index contributed by atoms with van der Waals surface area (Å²) in [7, 11) is 2.19. The monoisotopic (exact) mass is 322 g/mol. The van der Waals surface area contributed by atoms with Gasteiger partial charge in [-0.25, -0.2) is 0 Å². The maximum atomic E-state index is 10.2. The number of nitrogens with one attached hydrogen (secondary N) is 1. The Labute approximate surface area is 138 Å². The van der Waals surface area contributed by atoms with Crippen LogP contribution < -0.4 is 14.4 Å². The molecule has 2 atom stereocenters. The van der Waals surface area contributed by atoms with E-state index in [1.807, 2.05) is 18.2 Å². The molecule has 0 saturated heterocycles. The molecule has 5 nitrogen and oxygen atoms in total. The van der Waals surface area contributed by atoms with Crippen LogP contribution in [-0.4, -0.2) is 44.2 Å². The summed E-state index contributed by atoms with van der Waals surface area (Å²) in [5.74, 6) is 1.56. The molecular weight excluding hydrogens is 294 g/mol. The van der Waals surface area contributed by atoms with Crippen LogP contribution in [-0.2, 0) is 11.3 Å². The van der Waals surface area contributed by atoms with E-state index in [-0.39, 0.29) is 6.79 Å². The first-order valence-electron chi connectivity index (χ1n) is 8.69. The van der Waals surface area contributed by atoms with Crippen molar-refractivity contribution in [2.45, 2.75) is 50.9 Å². The van der Waals surface area contributed by atoms with E-state index < -0.39 is 6.10 Å². The molecule has 1 aliphatic heterocycles. The van der Waals surface area contributed by atoms with Crippen molar-refractivity contribution >= 4 is 0 Å².